The SMILES string of the molecule is CC(C)(C)c1cc2c(s1)CCC(C)(C)C21CCSC(N)=N1. The molecule has 116 valence electrons. The van der Waals surface area contributed by atoms with Gasteiger partial charge >= 0.3 is 0 Å². The number of thiophene rings is 1. The predicted octanol–water partition coefficient (Wildman–Crippen LogP) is 4.66. The number of fused-ring (bicyclic) bond motifs is 2. The van der Waals surface area contributed by atoms with Crippen molar-refractivity contribution in [2.24, 2.45) is 16.1 Å². The quantitative estimate of drug-likeness (QED) is 0.754. The Morgan fingerprint density at radius 2 is 1.95 bits per heavy atom. The fourth-order valence-electron chi connectivity index (χ4n) is 3.60. The van der Waals surface area contributed by atoms with Crippen molar-refractivity contribution in [3.63, 3.8) is 0 Å². The van der Waals surface area contributed by atoms with Gasteiger partial charge in [-0.3, -0.25) is 4.99 Å². The van der Waals surface area contributed by atoms with E-state index in [4.69, 9.17) is 10.7 Å². The molecule has 1 unspecified atom stereocenters. The van der Waals surface area contributed by atoms with Crippen LogP contribution in [0, 0.1) is 5.41 Å². The van der Waals surface area contributed by atoms with Crippen LogP contribution in [-0.2, 0) is 17.4 Å². The fraction of sp³-hybridized carbons (Fsp3) is 0.706. The van der Waals surface area contributed by atoms with Crippen LogP contribution >= 0.6 is 23.1 Å². The molecule has 21 heavy (non-hydrogen) atoms. The first kappa shape index (κ1) is 15.4. The molecule has 0 fully saturated rings. The highest BCUT2D eigenvalue weighted by atomic mass is 32.2. The van der Waals surface area contributed by atoms with Gasteiger partial charge in [-0.25, -0.2) is 0 Å². The summed E-state index contributed by atoms with van der Waals surface area (Å²) in [5.41, 5.74) is 7.89. The smallest absolute Gasteiger partial charge is 0.154 e. The summed E-state index contributed by atoms with van der Waals surface area (Å²) in [7, 11) is 0. The molecule has 1 aromatic rings. The van der Waals surface area contributed by atoms with Crippen LogP contribution in [0.1, 0.15) is 62.8 Å². The van der Waals surface area contributed by atoms with Crippen LogP contribution in [0.2, 0.25) is 0 Å². The van der Waals surface area contributed by atoms with Gasteiger partial charge in [-0.05, 0) is 41.7 Å². The molecule has 0 saturated carbocycles. The molecule has 2 N–H and O–H groups in total. The molecule has 1 atom stereocenters. The lowest BCUT2D eigenvalue weighted by Crippen LogP contribution is -2.47. The van der Waals surface area contributed by atoms with Crippen molar-refractivity contribution in [2.75, 3.05) is 5.75 Å². The average Bonchev–Trinajstić information content (AvgIpc) is 2.80. The maximum atomic E-state index is 6.13. The molecule has 2 heterocycles. The van der Waals surface area contributed by atoms with Crippen LogP contribution in [0.25, 0.3) is 0 Å². The maximum absolute atomic E-state index is 6.13. The lowest BCUT2D eigenvalue weighted by molar-refractivity contribution is 0.134. The second-order valence-corrected chi connectivity index (χ2v) is 10.2. The molecule has 4 heteroatoms. The van der Waals surface area contributed by atoms with Crippen LogP contribution < -0.4 is 5.73 Å². The number of rotatable bonds is 0. The lowest BCUT2D eigenvalue weighted by Gasteiger charge is -2.49. The molecule has 0 saturated heterocycles. The van der Waals surface area contributed by atoms with Crippen molar-refractivity contribution in [2.45, 2.75) is 64.8 Å². The summed E-state index contributed by atoms with van der Waals surface area (Å²) < 4.78 is 0. The van der Waals surface area contributed by atoms with E-state index < -0.39 is 0 Å². The molecule has 1 aliphatic heterocycles. The Bertz CT molecular complexity index is 592. The number of aryl methyl sites for hydroxylation is 1. The zero-order valence-electron chi connectivity index (χ0n) is 13.7. The molecule has 1 spiro atoms. The average molecular weight is 323 g/mol. The van der Waals surface area contributed by atoms with E-state index >= 15 is 0 Å². The first-order valence-corrected chi connectivity index (χ1v) is 9.58. The molecule has 3 rings (SSSR count). The number of aliphatic imine (C=N–C) groups is 1. The minimum absolute atomic E-state index is 0.101. The zero-order valence-corrected chi connectivity index (χ0v) is 15.4. The van der Waals surface area contributed by atoms with E-state index in [1.165, 1.54) is 23.3 Å². The molecular weight excluding hydrogens is 296 g/mol. The molecule has 0 amide bonds. The number of hydrogen-bond donors (Lipinski definition) is 1. The van der Waals surface area contributed by atoms with Crippen molar-refractivity contribution in [3.05, 3.63) is 21.4 Å². The summed E-state index contributed by atoms with van der Waals surface area (Å²) in [6.07, 6.45) is 3.50. The predicted molar refractivity (Wildman–Crippen MR) is 95.5 cm³/mol. The van der Waals surface area contributed by atoms with Crippen LogP contribution in [-0.4, -0.2) is 10.9 Å². The van der Waals surface area contributed by atoms with Crippen LogP contribution in [0.4, 0.5) is 0 Å². The Kier molecular flexibility index (Phi) is 3.49. The molecule has 1 aromatic heterocycles. The van der Waals surface area contributed by atoms with Gasteiger partial charge in [0.05, 0.1) is 5.54 Å². The zero-order chi connectivity index (χ0) is 15.5. The van der Waals surface area contributed by atoms with Crippen LogP contribution in [0.3, 0.4) is 0 Å². The fourth-order valence-corrected chi connectivity index (χ4v) is 5.71. The Morgan fingerprint density at radius 1 is 1.24 bits per heavy atom. The minimum atomic E-state index is -0.101. The number of thioether (sulfide) groups is 1. The summed E-state index contributed by atoms with van der Waals surface area (Å²) in [5.74, 6) is 1.08. The van der Waals surface area contributed by atoms with E-state index in [2.05, 4.69) is 40.7 Å². The highest BCUT2D eigenvalue weighted by Crippen LogP contribution is 2.57. The number of hydrogen-bond acceptors (Lipinski definition) is 4. The molecule has 1 aliphatic carbocycles. The van der Waals surface area contributed by atoms with Gasteiger partial charge < -0.3 is 5.73 Å². The molecule has 0 aromatic carbocycles. The van der Waals surface area contributed by atoms with Crippen LogP contribution in [0.5, 0.6) is 0 Å². The van der Waals surface area contributed by atoms with E-state index in [0.29, 0.717) is 0 Å². The third-order valence-corrected chi connectivity index (χ3v) is 7.52. The Balaban J connectivity index is 2.20. The van der Waals surface area contributed by atoms with Crippen molar-refractivity contribution in [1.82, 2.24) is 0 Å². The van der Waals surface area contributed by atoms with E-state index in [1.54, 1.807) is 16.6 Å². The topological polar surface area (TPSA) is 38.4 Å². The first-order chi connectivity index (χ1) is 9.66. The third kappa shape index (κ3) is 2.35. The van der Waals surface area contributed by atoms with E-state index in [1.807, 2.05) is 11.3 Å². The van der Waals surface area contributed by atoms with Crippen molar-refractivity contribution < 1.29 is 0 Å². The maximum Gasteiger partial charge on any atom is 0.154 e. The van der Waals surface area contributed by atoms with Gasteiger partial charge in [-0.15, -0.1) is 11.3 Å². The second kappa shape index (κ2) is 4.76. The monoisotopic (exact) mass is 322 g/mol. The molecule has 0 radical (unpaired) electrons. The largest absolute Gasteiger partial charge is 0.379 e. The summed E-state index contributed by atoms with van der Waals surface area (Å²) in [6, 6.07) is 2.44. The van der Waals surface area contributed by atoms with Gasteiger partial charge in [0.25, 0.3) is 0 Å². The highest BCUT2D eigenvalue weighted by molar-refractivity contribution is 8.13. The molecular formula is C17H26N2S2. The molecule has 0 bridgehead atoms. The Hall–Kier alpha value is -0.480. The number of nitrogens with two attached hydrogens (primary N) is 1. The standard InChI is InChI=1S/C17H26N2S2/c1-15(2,3)13-10-11-12(21-13)6-7-16(4,5)17(11)8-9-20-14(18)19-17/h10H,6-9H2,1-5H3,(H2,18,19). The first-order valence-electron chi connectivity index (χ1n) is 7.77. The number of nitrogens with zero attached hydrogens (tertiary/aromatic N) is 1. The normalized spacial score (nSPS) is 28.3. The van der Waals surface area contributed by atoms with Gasteiger partial charge in [0.15, 0.2) is 5.17 Å². The Morgan fingerprint density at radius 3 is 2.57 bits per heavy atom. The van der Waals surface area contributed by atoms with Crippen LogP contribution in [0.15, 0.2) is 11.1 Å². The summed E-state index contributed by atoms with van der Waals surface area (Å²) in [6.45, 7) is 11.7. The van der Waals surface area contributed by atoms with E-state index in [-0.39, 0.29) is 16.4 Å². The van der Waals surface area contributed by atoms with Gasteiger partial charge in [0.1, 0.15) is 0 Å². The second-order valence-electron chi connectivity index (χ2n) is 7.99. The Labute approximate surface area is 136 Å². The summed E-state index contributed by atoms with van der Waals surface area (Å²) in [4.78, 5) is 8.05. The summed E-state index contributed by atoms with van der Waals surface area (Å²) in [5, 5.41) is 0.769. The van der Waals surface area contributed by atoms with Crippen molar-refractivity contribution in [1.29, 1.82) is 0 Å². The minimum Gasteiger partial charge on any atom is -0.379 e. The van der Waals surface area contributed by atoms with Gasteiger partial charge in [0, 0.05) is 15.5 Å². The van der Waals surface area contributed by atoms with Gasteiger partial charge in [0.2, 0.25) is 0 Å². The van der Waals surface area contributed by atoms with Crippen molar-refractivity contribution in [3.8, 4) is 0 Å². The lowest BCUT2D eigenvalue weighted by atomic mass is 9.61. The van der Waals surface area contributed by atoms with Gasteiger partial charge in [-0.2, -0.15) is 0 Å². The third-order valence-electron chi connectivity index (χ3n) is 5.11. The molecule has 2 nitrogen and oxygen atoms in total. The van der Waals surface area contributed by atoms with Gasteiger partial charge in [-0.1, -0.05) is 46.4 Å². The van der Waals surface area contributed by atoms with Crippen molar-refractivity contribution >= 4 is 28.3 Å². The van der Waals surface area contributed by atoms with E-state index in [9.17, 15) is 0 Å². The number of amidine groups is 1. The summed E-state index contributed by atoms with van der Waals surface area (Å²) >= 11 is 3.70. The highest BCUT2D eigenvalue weighted by Gasteiger charge is 2.51. The molecule has 2 aliphatic rings. The van der Waals surface area contributed by atoms with E-state index in [0.717, 1.165) is 17.3 Å².